The number of hydrogen-bond donors (Lipinski definition) is 4. The number of carbonyl (C=O) groups excluding carboxylic acids is 3. The Bertz CT molecular complexity index is 2070. The molecule has 5 unspecified atom stereocenters. The van der Waals surface area contributed by atoms with Crippen molar-refractivity contribution in [3.63, 3.8) is 0 Å². The number of esters is 3. The Morgan fingerprint density at radius 1 is 0.333 bits per heavy atom. The fourth-order valence-corrected chi connectivity index (χ4v) is 9.75. The van der Waals surface area contributed by atoms with Crippen molar-refractivity contribution >= 4 is 33.6 Å². The quantitative estimate of drug-likeness (QED) is 0.0146. The standard InChI is InChI=1S/C69H116O16P2/c1-4-7-10-13-16-19-22-24-26-28-30-31-33-35-36-38-41-43-46-49-52-55-67(72)79-58-64(70)59-81-86(75,76)82-60-65(71)61-83-87(77,78)84-63-66(85-69(74)57-54-51-48-45-40-21-18-15-12-9-6-3)62-80-68(73)56-53-50-47-44-42-39-37-34-32-29-27-25-23-20-17-14-11-8-5-2/h8,11,16-17,19-20,24-27,30-32,34-36,39,42,47,50,64-66,70-71H,4-7,9-10,12-15,18,21-23,28-29,33,37-38,40-41,43-46,48-49,51-63H2,1-3H3,(H,75,76)(H,77,78)/b11-8-,19-16-,20-17-,26-24-,27-25-,31-30-,34-32-,36-35-,42-39-,50-47-. The van der Waals surface area contributed by atoms with Gasteiger partial charge in [-0.25, -0.2) is 9.13 Å². The van der Waals surface area contributed by atoms with Crippen LogP contribution in [0.4, 0.5) is 0 Å². The summed E-state index contributed by atoms with van der Waals surface area (Å²) in [7, 11) is -9.80. The molecule has 4 N–H and O–H groups in total. The summed E-state index contributed by atoms with van der Waals surface area (Å²) in [5, 5.41) is 20.5. The van der Waals surface area contributed by atoms with E-state index in [1.807, 2.05) is 18.2 Å². The van der Waals surface area contributed by atoms with Gasteiger partial charge >= 0.3 is 33.6 Å². The molecule has 0 fully saturated rings. The zero-order valence-corrected chi connectivity index (χ0v) is 55.4. The van der Waals surface area contributed by atoms with E-state index in [1.165, 1.54) is 64.2 Å². The molecule has 18 heteroatoms. The number of rotatable bonds is 61. The summed E-state index contributed by atoms with van der Waals surface area (Å²) in [5.74, 6) is -1.70. The average Bonchev–Trinajstić information content (AvgIpc) is 3.53. The van der Waals surface area contributed by atoms with Crippen molar-refractivity contribution in [2.24, 2.45) is 0 Å². The predicted molar refractivity (Wildman–Crippen MR) is 353 cm³/mol. The van der Waals surface area contributed by atoms with Crippen LogP contribution in [-0.2, 0) is 55.8 Å². The second-order valence-corrected chi connectivity index (χ2v) is 24.4. The number of allylic oxidation sites excluding steroid dienone is 20. The van der Waals surface area contributed by atoms with Crippen molar-refractivity contribution in [2.45, 2.75) is 257 Å². The molecule has 0 bridgehead atoms. The van der Waals surface area contributed by atoms with Crippen molar-refractivity contribution in [2.75, 3.05) is 39.6 Å². The maximum atomic E-state index is 12.9. The van der Waals surface area contributed by atoms with Gasteiger partial charge in [0.2, 0.25) is 0 Å². The van der Waals surface area contributed by atoms with Gasteiger partial charge in [0.05, 0.1) is 26.4 Å². The zero-order valence-electron chi connectivity index (χ0n) is 53.6. The average molecular weight is 1260 g/mol. The highest BCUT2D eigenvalue weighted by molar-refractivity contribution is 7.47. The van der Waals surface area contributed by atoms with Crippen LogP contribution < -0.4 is 0 Å². The molecule has 0 aliphatic heterocycles. The van der Waals surface area contributed by atoms with Crippen molar-refractivity contribution in [3.8, 4) is 0 Å². The van der Waals surface area contributed by atoms with Crippen LogP contribution in [-0.4, -0.2) is 95.9 Å². The second-order valence-electron chi connectivity index (χ2n) is 21.5. The lowest BCUT2D eigenvalue weighted by molar-refractivity contribution is -0.161. The van der Waals surface area contributed by atoms with Gasteiger partial charge in [0.15, 0.2) is 6.10 Å². The third-order valence-corrected chi connectivity index (χ3v) is 15.1. The maximum absolute atomic E-state index is 12.9. The summed E-state index contributed by atoms with van der Waals surface area (Å²) in [6.45, 7) is 2.38. The van der Waals surface area contributed by atoms with Gasteiger partial charge < -0.3 is 34.2 Å². The first kappa shape index (κ1) is 83.0. The number of phosphoric acid groups is 2. The molecule has 0 aromatic rings. The van der Waals surface area contributed by atoms with E-state index in [0.717, 1.165) is 109 Å². The minimum absolute atomic E-state index is 0.0434. The fraction of sp³-hybridized carbons (Fsp3) is 0.667. The highest BCUT2D eigenvalue weighted by Crippen LogP contribution is 2.45. The molecule has 0 aliphatic carbocycles. The Balaban J connectivity index is 4.68. The first-order valence-corrected chi connectivity index (χ1v) is 35.8. The number of ether oxygens (including phenoxy) is 3. The number of carbonyl (C=O) groups is 3. The first-order chi connectivity index (χ1) is 42.2. The van der Waals surface area contributed by atoms with Gasteiger partial charge in [-0.2, -0.15) is 0 Å². The predicted octanol–water partition coefficient (Wildman–Crippen LogP) is 17.9. The van der Waals surface area contributed by atoms with Gasteiger partial charge in [0, 0.05) is 19.3 Å². The number of hydrogen-bond acceptors (Lipinski definition) is 14. The van der Waals surface area contributed by atoms with Crippen molar-refractivity contribution in [1.82, 2.24) is 0 Å². The smallest absolute Gasteiger partial charge is 0.463 e. The molecular weight excluding hydrogens is 1150 g/mol. The molecule has 0 saturated carbocycles. The van der Waals surface area contributed by atoms with Crippen molar-refractivity contribution in [3.05, 3.63) is 122 Å². The van der Waals surface area contributed by atoms with Crippen LogP contribution in [0.2, 0.25) is 0 Å². The molecule has 0 heterocycles. The van der Waals surface area contributed by atoms with Gasteiger partial charge in [-0.3, -0.25) is 32.5 Å². The van der Waals surface area contributed by atoms with Gasteiger partial charge in [-0.1, -0.05) is 239 Å². The second kappa shape index (κ2) is 62.2. The van der Waals surface area contributed by atoms with E-state index >= 15 is 0 Å². The van der Waals surface area contributed by atoms with E-state index in [-0.39, 0.29) is 19.3 Å². The van der Waals surface area contributed by atoms with E-state index in [1.54, 1.807) is 0 Å². The third-order valence-electron chi connectivity index (χ3n) is 13.2. The van der Waals surface area contributed by atoms with Crippen LogP contribution in [0.25, 0.3) is 0 Å². The molecule has 5 atom stereocenters. The van der Waals surface area contributed by atoms with Crippen LogP contribution >= 0.6 is 15.6 Å². The first-order valence-electron chi connectivity index (χ1n) is 32.8. The molecule has 0 saturated heterocycles. The van der Waals surface area contributed by atoms with Crippen molar-refractivity contribution < 1.29 is 75.8 Å². The summed E-state index contributed by atoms with van der Waals surface area (Å²) >= 11 is 0. The fourth-order valence-electron chi connectivity index (χ4n) is 8.17. The molecule has 0 radical (unpaired) electrons. The highest BCUT2D eigenvalue weighted by Gasteiger charge is 2.29. The Morgan fingerprint density at radius 3 is 1.06 bits per heavy atom. The number of aliphatic hydroxyl groups excluding tert-OH is 2. The lowest BCUT2D eigenvalue weighted by Gasteiger charge is -2.21. The zero-order chi connectivity index (χ0) is 63.8. The Labute approximate surface area is 525 Å². The SMILES string of the molecule is CC/C=C\C/C=C\C/C=C\C/C=C\C/C=C\C/C=C\CCC(=O)OCC(COP(=O)(O)OCC(O)COP(=O)(O)OCC(O)COC(=O)CCCCCCC/C=C\C/C=C\C/C=C\C/C=C\CCCCC)OC(=O)CCCCCCCCCCCCC. The molecule has 0 aromatic heterocycles. The molecule has 0 spiro atoms. The van der Waals surface area contributed by atoms with Gasteiger partial charge in [0.25, 0.3) is 0 Å². The summed E-state index contributed by atoms with van der Waals surface area (Å²) in [5.41, 5.74) is 0. The summed E-state index contributed by atoms with van der Waals surface area (Å²) < 4.78 is 60.6. The molecule has 498 valence electrons. The topological polar surface area (TPSA) is 231 Å². The van der Waals surface area contributed by atoms with E-state index in [0.29, 0.717) is 25.7 Å². The van der Waals surface area contributed by atoms with Gasteiger partial charge in [-0.15, -0.1) is 0 Å². The molecule has 0 aliphatic rings. The molecule has 0 amide bonds. The molecule has 0 aromatic carbocycles. The van der Waals surface area contributed by atoms with Crippen LogP contribution in [0.1, 0.15) is 239 Å². The van der Waals surface area contributed by atoms with Gasteiger partial charge in [0.1, 0.15) is 25.4 Å². The normalized spacial score (nSPS) is 15.1. The molecule has 16 nitrogen and oxygen atoms in total. The lowest BCUT2D eigenvalue weighted by atomic mass is 10.1. The van der Waals surface area contributed by atoms with Crippen molar-refractivity contribution in [1.29, 1.82) is 0 Å². The monoisotopic (exact) mass is 1260 g/mol. The minimum Gasteiger partial charge on any atom is -0.463 e. The number of phosphoric ester groups is 2. The minimum atomic E-state index is -4.94. The van der Waals surface area contributed by atoms with Crippen LogP contribution in [0.3, 0.4) is 0 Å². The summed E-state index contributed by atoms with van der Waals surface area (Å²) in [6.07, 6.45) is 69.9. The summed E-state index contributed by atoms with van der Waals surface area (Å²) in [4.78, 5) is 58.2. The molecule has 0 rings (SSSR count). The lowest BCUT2D eigenvalue weighted by Crippen LogP contribution is -2.30. The summed E-state index contributed by atoms with van der Waals surface area (Å²) in [6, 6.07) is 0. The van der Waals surface area contributed by atoms with Crippen LogP contribution in [0, 0.1) is 0 Å². The maximum Gasteiger partial charge on any atom is 0.472 e. The van der Waals surface area contributed by atoms with E-state index in [2.05, 4.69) is 124 Å². The molecule has 87 heavy (non-hydrogen) atoms. The number of unbranched alkanes of at least 4 members (excludes halogenated alkanes) is 18. The Kier molecular flexibility index (Phi) is 59.3. The van der Waals surface area contributed by atoms with E-state index < -0.39 is 91.5 Å². The van der Waals surface area contributed by atoms with E-state index in [9.17, 15) is 43.5 Å². The molecular formula is C69H116O16P2. The Hall–Kier alpha value is -4.05. The largest absolute Gasteiger partial charge is 0.472 e. The van der Waals surface area contributed by atoms with Crippen LogP contribution in [0.5, 0.6) is 0 Å². The Morgan fingerprint density at radius 2 is 0.632 bits per heavy atom. The highest BCUT2D eigenvalue weighted by atomic mass is 31.2. The van der Waals surface area contributed by atoms with Crippen LogP contribution in [0.15, 0.2) is 122 Å². The number of aliphatic hydroxyl groups is 2. The van der Waals surface area contributed by atoms with E-state index in [4.69, 9.17) is 32.3 Å². The van der Waals surface area contributed by atoms with Gasteiger partial charge in [-0.05, 0) is 103 Å². The third kappa shape index (κ3) is 63.3.